The van der Waals surface area contributed by atoms with Crippen LogP contribution in [0.5, 0.6) is 5.75 Å². The number of carbonyl (C=O) groups excluding carboxylic acids is 1. The molecule has 1 aliphatic rings. The number of cyclic esters (lactones) is 1. The quantitative estimate of drug-likeness (QED) is 0.887. The maximum absolute atomic E-state index is 13.8. The second-order valence-electron chi connectivity index (χ2n) is 4.83. The lowest BCUT2D eigenvalue weighted by Gasteiger charge is -2.32. The molecule has 0 aliphatic carbocycles. The van der Waals surface area contributed by atoms with Gasteiger partial charge in [0.15, 0.2) is 6.61 Å². The number of halogens is 3. The van der Waals surface area contributed by atoms with Gasteiger partial charge >= 0.3 is 12.0 Å². The molecule has 2 rings (SSSR count). The fourth-order valence-electron chi connectivity index (χ4n) is 2.38. The standard InChI is InChI=1S/C14H18F2N2O3.ClH/c1-3-18(4-2)9-5-6-10(11(19)7-9)12-14(15,16)8-21-13(20)17-12;/h5-7,12,19H,3-4,8H2,1-2H3,(H,17,20);1H/t12-;/m0./s1. The van der Waals surface area contributed by atoms with Crippen molar-refractivity contribution < 1.29 is 23.4 Å². The summed E-state index contributed by atoms with van der Waals surface area (Å²) in [5.41, 5.74) is 0.718. The fraction of sp³-hybridized carbons (Fsp3) is 0.500. The van der Waals surface area contributed by atoms with Crippen molar-refractivity contribution in [3.05, 3.63) is 23.8 Å². The van der Waals surface area contributed by atoms with E-state index in [2.05, 4.69) is 10.1 Å². The number of amides is 1. The van der Waals surface area contributed by atoms with E-state index in [1.807, 2.05) is 18.7 Å². The van der Waals surface area contributed by atoms with Crippen molar-refractivity contribution in [2.24, 2.45) is 0 Å². The minimum Gasteiger partial charge on any atom is -0.508 e. The Hall–Kier alpha value is -1.76. The molecule has 0 unspecified atom stereocenters. The molecule has 0 bridgehead atoms. The molecule has 0 spiro atoms. The normalized spacial score (nSPS) is 19.6. The molecule has 5 nitrogen and oxygen atoms in total. The summed E-state index contributed by atoms with van der Waals surface area (Å²) in [5, 5.41) is 12.1. The van der Waals surface area contributed by atoms with Crippen LogP contribution in [0.1, 0.15) is 25.5 Å². The topological polar surface area (TPSA) is 61.8 Å². The van der Waals surface area contributed by atoms with E-state index in [-0.39, 0.29) is 23.7 Å². The van der Waals surface area contributed by atoms with Gasteiger partial charge in [-0.2, -0.15) is 0 Å². The molecule has 1 aromatic rings. The van der Waals surface area contributed by atoms with Gasteiger partial charge in [0.1, 0.15) is 11.8 Å². The summed E-state index contributed by atoms with van der Waals surface area (Å²) in [6.07, 6.45) is -0.918. The van der Waals surface area contributed by atoms with E-state index in [4.69, 9.17) is 0 Å². The van der Waals surface area contributed by atoms with Crippen LogP contribution in [-0.4, -0.2) is 36.8 Å². The van der Waals surface area contributed by atoms with Crippen molar-refractivity contribution in [1.29, 1.82) is 0 Å². The van der Waals surface area contributed by atoms with Gasteiger partial charge in [0, 0.05) is 30.4 Å². The first-order chi connectivity index (χ1) is 9.89. The molecule has 1 amide bonds. The number of benzene rings is 1. The number of phenolic OH excluding ortho intramolecular Hbond substituents is 1. The number of rotatable bonds is 4. The molecule has 22 heavy (non-hydrogen) atoms. The number of alkyl halides is 2. The Balaban J connectivity index is 0.00000242. The first kappa shape index (κ1) is 18.3. The number of nitrogens with zero attached hydrogens (tertiary/aromatic N) is 1. The predicted octanol–water partition coefficient (Wildman–Crippen LogP) is 3.08. The molecule has 0 saturated carbocycles. The molecule has 1 aliphatic heterocycles. The monoisotopic (exact) mass is 336 g/mol. The molecule has 1 aromatic carbocycles. The van der Waals surface area contributed by atoms with Crippen molar-refractivity contribution >= 4 is 24.2 Å². The lowest BCUT2D eigenvalue weighted by molar-refractivity contribution is -0.104. The number of hydrogen-bond donors (Lipinski definition) is 2. The van der Waals surface area contributed by atoms with Crippen LogP contribution in [0.15, 0.2) is 18.2 Å². The van der Waals surface area contributed by atoms with Crippen LogP contribution in [0.4, 0.5) is 19.3 Å². The van der Waals surface area contributed by atoms with E-state index in [1.54, 1.807) is 6.07 Å². The molecule has 1 saturated heterocycles. The highest BCUT2D eigenvalue weighted by Crippen LogP contribution is 2.39. The zero-order valence-corrected chi connectivity index (χ0v) is 13.1. The van der Waals surface area contributed by atoms with Gasteiger partial charge in [0.25, 0.3) is 0 Å². The molecule has 2 N–H and O–H groups in total. The Bertz CT molecular complexity index is 539. The molecule has 1 fully saturated rings. The molecule has 124 valence electrons. The number of hydrogen-bond acceptors (Lipinski definition) is 4. The fourth-order valence-corrected chi connectivity index (χ4v) is 2.38. The lowest BCUT2D eigenvalue weighted by Crippen LogP contribution is -2.49. The van der Waals surface area contributed by atoms with Crippen LogP contribution in [0, 0.1) is 0 Å². The molecular weight excluding hydrogens is 318 g/mol. The van der Waals surface area contributed by atoms with Crippen molar-refractivity contribution in [3.8, 4) is 5.75 Å². The first-order valence-electron chi connectivity index (χ1n) is 6.78. The number of nitrogens with one attached hydrogen (secondary N) is 1. The number of ether oxygens (including phenoxy) is 1. The van der Waals surface area contributed by atoms with E-state index in [9.17, 15) is 18.7 Å². The van der Waals surface area contributed by atoms with Crippen molar-refractivity contribution in [2.45, 2.75) is 25.8 Å². The Morgan fingerprint density at radius 2 is 2.05 bits per heavy atom. The number of phenols is 1. The Morgan fingerprint density at radius 3 is 2.59 bits per heavy atom. The van der Waals surface area contributed by atoms with Gasteiger partial charge in [-0.3, -0.25) is 0 Å². The average molecular weight is 337 g/mol. The number of anilines is 1. The number of aromatic hydroxyl groups is 1. The third-order valence-electron chi connectivity index (χ3n) is 3.53. The summed E-state index contributed by atoms with van der Waals surface area (Å²) in [6, 6.07) is 2.90. The zero-order chi connectivity index (χ0) is 15.6. The van der Waals surface area contributed by atoms with Crippen LogP contribution < -0.4 is 10.2 Å². The van der Waals surface area contributed by atoms with E-state index >= 15 is 0 Å². The van der Waals surface area contributed by atoms with Gasteiger partial charge in [-0.05, 0) is 19.9 Å². The maximum Gasteiger partial charge on any atom is 0.408 e. The molecule has 8 heteroatoms. The zero-order valence-electron chi connectivity index (χ0n) is 12.3. The van der Waals surface area contributed by atoms with E-state index in [1.165, 1.54) is 12.1 Å². The van der Waals surface area contributed by atoms with E-state index in [0.717, 1.165) is 18.8 Å². The Kier molecular flexibility index (Phi) is 5.82. The minimum absolute atomic E-state index is 0. The van der Waals surface area contributed by atoms with Crippen molar-refractivity contribution in [3.63, 3.8) is 0 Å². The van der Waals surface area contributed by atoms with Gasteiger partial charge < -0.3 is 20.1 Å². The van der Waals surface area contributed by atoms with Crippen LogP contribution >= 0.6 is 12.4 Å². The van der Waals surface area contributed by atoms with Crippen LogP contribution in [0.2, 0.25) is 0 Å². The number of alkyl carbamates (subject to hydrolysis) is 1. The minimum atomic E-state index is -3.28. The van der Waals surface area contributed by atoms with E-state index < -0.39 is 24.7 Å². The summed E-state index contributed by atoms with van der Waals surface area (Å²) in [6.45, 7) is 4.39. The Labute approximate surface area is 133 Å². The molecule has 0 aromatic heterocycles. The Morgan fingerprint density at radius 1 is 1.41 bits per heavy atom. The summed E-state index contributed by atoms with van der Waals surface area (Å²) < 4.78 is 32.0. The van der Waals surface area contributed by atoms with Gasteiger partial charge in [-0.15, -0.1) is 12.4 Å². The van der Waals surface area contributed by atoms with Gasteiger partial charge in [0.05, 0.1) is 0 Å². The summed E-state index contributed by atoms with van der Waals surface area (Å²) in [5.74, 6) is -3.55. The first-order valence-corrected chi connectivity index (χ1v) is 6.78. The highest BCUT2D eigenvalue weighted by Gasteiger charge is 2.47. The van der Waals surface area contributed by atoms with E-state index in [0.29, 0.717) is 0 Å². The summed E-state index contributed by atoms with van der Waals surface area (Å²) in [7, 11) is 0. The largest absolute Gasteiger partial charge is 0.508 e. The number of carbonyl (C=O) groups is 1. The van der Waals surface area contributed by atoms with Gasteiger partial charge in [-0.1, -0.05) is 6.07 Å². The molecule has 0 radical (unpaired) electrons. The maximum atomic E-state index is 13.8. The van der Waals surface area contributed by atoms with Gasteiger partial charge in [-0.25, -0.2) is 13.6 Å². The van der Waals surface area contributed by atoms with Crippen molar-refractivity contribution in [2.75, 3.05) is 24.6 Å². The molecule has 1 heterocycles. The van der Waals surface area contributed by atoms with Crippen LogP contribution in [0.25, 0.3) is 0 Å². The van der Waals surface area contributed by atoms with Crippen molar-refractivity contribution in [1.82, 2.24) is 5.32 Å². The van der Waals surface area contributed by atoms with Crippen LogP contribution in [-0.2, 0) is 4.74 Å². The lowest BCUT2D eigenvalue weighted by atomic mass is 9.98. The second-order valence-corrected chi connectivity index (χ2v) is 4.83. The second kappa shape index (κ2) is 7.00. The highest BCUT2D eigenvalue weighted by atomic mass is 35.5. The SMILES string of the molecule is CCN(CC)c1ccc([C@@H]2NC(=O)OCC2(F)F)c(O)c1.Cl. The summed E-state index contributed by atoms with van der Waals surface area (Å²) >= 11 is 0. The summed E-state index contributed by atoms with van der Waals surface area (Å²) in [4.78, 5) is 13.1. The van der Waals surface area contributed by atoms with Crippen LogP contribution in [0.3, 0.4) is 0 Å². The molecule has 1 atom stereocenters. The highest BCUT2D eigenvalue weighted by molar-refractivity contribution is 5.85. The predicted molar refractivity (Wildman–Crippen MR) is 81.1 cm³/mol. The third-order valence-corrected chi connectivity index (χ3v) is 3.53. The molecular formula is C14H19ClF2N2O3. The van der Waals surface area contributed by atoms with Gasteiger partial charge in [0.2, 0.25) is 0 Å². The third kappa shape index (κ3) is 3.52. The smallest absolute Gasteiger partial charge is 0.408 e. The average Bonchev–Trinajstić information content (AvgIpc) is 2.44.